The predicted octanol–water partition coefficient (Wildman–Crippen LogP) is 9.06. The molecule has 6 heterocycles. The number of amides is 2. The minimum atomic E-state index is -5.08. The SMILES string of the molecule is CC1(C)C(=O)N(c2ccc(C#[N+]Cc3cc(=O)n4cc(N5C(=S)N(c6ccc(C#N)c(C(F)(F)F)c6)C(=O)C5(C)C)cc(Cl)c4n3)c(C(F)(F)F)c2)C(=S)N1c1cc(F)c2nc(C(F)F)cc(=O)n2c1. The second kappa shape index (κ2) is 16.9. The number of anilines is 4. The van der Waals surface area contributed by atoms with Gasteiger partial charge in [0.2, 0.25) is 0 Å². The van der Waals surface area contributed by atoms with E-state index >= 15 is 4.39 Å². The number of pyridine rings is 2. The number of aromatic nitrogens is 4. The Bertz CT molecular complexity index is 3560. The van der Waals surface area contributed by atoms with Crippen LogP contribution in [0.4, 0.5) is 62.3 Å². The second-order valence-corrected chi connectivity index (χ2v) is 17.7. The molecule has 2 amide bonds. The summed E-state index contributed by atoms with van der Waals surface area (Å²) in [5.41, 5.74) is -11.8. The highest BCUT2D eigenvalue weighted by Gasteiger charge is 2.52. The third kappa shape index (κ3) is 8.12. The van der Waals surface area contributed by atoms with Crippen LogP contribution in [0.15, 0.2) is 82.6 Å². The number of hydrogen-bond donors (Lipinski definition) is 0. The van der Waals surface area contributed by atoms with Crippen molar-refractivity contribution in [1.82, 2.24) is 18.8 Å². The monoisotopic (exact) mass is 1030 g/mol. The molecule has 4 aromatic heterocycles. The molecule has 0 N–H and O–H groups in total. The zero-order valence-electron chi connectivity index (χ0n) is 35.9. The van der Waals surface area contributed by atoms with Crippen molar-refractivity contribution >= 4 is 92.1 Å². The number of fused-ring (bicyclic) bond motifs is 2. The first-order valence-corrected chi connectivity index (χ1v) is 21.1. The maximum absolute atomic E-state index is 15.3. The quantitative estimate of drug-likeness (QED) is 0.116. The van der Waals surface area contributed by atoms with Gasteiger partial charge in [-0.25, -0.2) is 23.1 Å². The van der Waals surface area contributed by atoms with Crippen molar-refractivity contribution in [1.29, 1.82) is 5.26 Å². The molecule has 0 saturated carbocycles. The van der Waals surface area contributed by atoms with E-state index in [1.807, 2.05) is 0 Å². The second-order valence-electron chi connectivity index (χ2n) is 16.5. The van der Waals surface area contributed by atoms with Crippen LogP contribution in [-0.2, 0) is 28.5 Å². The molecule has 358 valence electrons. The van der Waals surface area contributed by atoms with Gasteiger partial charge in [0.1, 0.15) is 28.0 Å². The van der Waals surface area contributed by atoms with Crippen LogP contribution in [0.5, 0.6) is 0 Å². The summed E-state index contributed by atoms with van der Waals surface area (Å²) >= 11 is 17.7. The largest absolute Gasteiger partial charge is 0.417 e. The predicted molar refractivity (Wildman–Crippen MR) is 244 cm³/mol. The van der Waals surface area contributed by atoms with Gasteiger partial charge in [-0.2, -0.15) is 31.6 Å². The summed E-state index contributed by atoms with van der Waals surface area (Å²) in [5.74, 6) is -2.85. The number of hydrogen-bond acceptors (Lipinski definition) is 9. The van der Waals surface area contributed by atoms with Gasteiger partial charge in [0.15, 0.2) is 27.3 Å². The van der Waals surface area contributed by atoms with Crippen molar-refractivity contribution < 1.29 is 49.1 Å². The third-order valence-corrected chi connectivity index (χ3v) is 12.3. The van der Waals surface area contributed by atoms with Crippen molar-refractivity contribution in [2.75, 3.05) is 19.6 Å². The molecule has 2 aliphatic heterocycles. The van der Waals surface area contributed by atoms with Crippen molar-refractivity contribution in [3.8, 4) is 12.1 Å². The Labute approximate surface area is 402 Å². The maximum Gasteiger partial charge on any atom is 0.417 e. The first kappa shape index (κ1) is 49.0. The molecule has 0 bridgehead atoms. The zero-order chi connectivity index (χ0) is 51.3. The van der Waals surface area contributed by atoms with Gasteiger partial charge < -0.3 is 9.80 Å². The summed E-state index contributed by atoms with van der Waals surface area (Å²) in [6, 6.07) is 12.6. The molecule has 0 aliphatic carbocycles. The number of carbonyl (C=O) groups is 2. The zero-order valence-corrected chi connectivity index (χ0v) is 38.3. The number of halogens is 10. The smallest absolute Gasteiger partial charge is 0.302 e. The molecule has 2 aliphatic rings. The summed E-state index contributed by atoms with van der Waals surface area (Å²) in [5, 5.41) is 8.34. The lowest BCUT2D eigenvalue weighted by Crippen LogP contribution is -2.44. The van der Waals surface area contributed by atoms with Gasteiger partial charge >= 0.3 is 25.0 Å². The van der Waals surface area contributed by atoms with Gasteiger partial charge in [-0.3, -0.25) is 37.8 Å². The molecule has 8 rings (SSSR count). The highest BCUT2D eigenvalue weighted by Crippen LogP contribution is 2.42. The van der Waals surface area contributed by atoms with Crippen molar-refractivity contribution in [3.05, 3.63) is 143 Å². The molecule has 0 spiro atoms. The maximum atomic E-state index is 15.3. The van der Waals surface area contributed by atoms with E-state index in [1.54, 1.807) is 0 Å². The van der Waals surface area contributed by atoms with Crippen LogP contribution in [0.2, 0.25) is 5.02 Å². The third-order valence-electron chi connectivity index (χ3n) is 11.2. The van der Waals surface area contributed by atoms with Crippen molar-refractivity contribution in [3.63, 3.8) is 0 Å². The van der Waals surface area contributed by atoms with Gasteiger partial charge in [0.25, 0.3) is 29.4 Å². The lowest BCUT2D eigenvalue weighted by atomic mass is 10.0. The first-order chi connectivity index (χ1) is 32.6. The van der Waals surface area contributed by atoms with Crippen LogP contribution in [0.3, 0.4) is 0 Å². The number of nitriles is 1. The number of rotatable bonds is 6. The molecule has 0 radical (unpaired) electrons. The molecule has 2 fully saturated rings. The van der Waals surface area contributed by atoms with Gasteiger partial charge in [-0.1, -0.05) is 16.4 Å². The van der Waals surface area contributed by atoms with Crippen LogP contribution in [0.25, 0.3) is 16.1 Å². The fourth-order valence-corrected chi connectivity index (χ4v) is 9.21. The molecule has 26 heteroatoms. The lowest BCUT2D eigenvalue weighted by molar-refractivity contribution is -0.138. The van der Waals surface area contributed by atoms with Crippen molar-refractivity contribution in [2.24, 2.45) is 0 Å². The fourth-order valence-electron chi connectivity index (χ4n) is 7.92. The summed E-state index contributed by atoms with van der Waals surface area (Å²) in [4.78, 5) is 69.5. The Morgan fingerprint density at radius 3 is 1.70 bits per heavy atom. The summed E-state index contributed by atoms with van der Waals surface area (Å²) in [7, 11) is 0. The molecule has 2 aromatic carbocycles. The summed E-state index contributed by atoms with van der Waals surface area (Å²) < 4.78 is 129. The van der Waals surface area contributed by atoms with E-state index in [4.69, 9.17) is 36.0 Å². The van der Waals surface area contributed by atoms with Crippen LogP contribution >= 0.6 is 36.0 Å². The molecule has 70 heavy (non-hydrogen) atoms. The highest BCUT2D eigenvalue weighted by atomic mass is 35.5. The Hall–Kier alpha value is -7.48. The standard InChI is InChI=1S/C44H27ClF9N10O4S2/c1-41(2)37(67)61(23-7-5-20(15-55)27(10-23)43(49,50)51)39(69)63(41)25-12-29(45)35-57-22(9-32(65)59(35)18-25)17-56-16-21-6-8-24(11-28(21)44(52,53)54)62-38(68)42(3,4)64(40(62)70)26-13-30(46)36-58-31(34(47)48)14-33(66)60(36)19-26/h5-14,18-19,34H,17H2,1-4H3/q+1. The Morgan fingerprint density at radius 1 is 0.700 bits per heavy atom. The van der Waals surface area contributed by atoms with Crippen LogP contribution < -0.4 is 30.7 Å². The average Bonchev–Trinajstić information content (AvgIpc) is 3.56. The number of alkyl halides is 8. The molecule has 0 unspecified atom stereocenters. The first-order valence-electron chi connectivity index (χ1n) is 19.9. The van der Waals surface area contributed by atoms with Gasteiger partial charge in [0, 0.05) is 30.6 Å². The topological polar surface area (TPSA) is 144 Å². The number of benzene rings is 2. The van der Waals surface area contributed by atoms with E-state index in [9.17, 15) is 59.6 Å². The van der Waals surface area contributed by atoms with E-state index in [-0.39, 0.29) is 44.2 Å². The number of carbonyl (C=O) groups excluding carboxylic acids is 2. The van der Waals surface area contributed by atoms with E-state index in [0.29, 0.717) is 22.6 Å². The normalized spacial score (nSPS) is 16.0. The van der Waals surface area contributed by atoms with Crippen LogP contribution in [-0.4, -0.2) is 51.9 Å². The van der Waals surface area contributed by atoms with Gasteiger partial charge in [-0.05, 0) is 94.6 Å². The number of nitrogens with zero attached hydrogens (tertiary/aromatic N) is 10. The molecular weight excluding hydrogens is 1000 g/mol. The van der Waals surface area contributed by atoms with E-state index in [0.717, 1.165) is 61.7 Å². The molecule has 6 aromatic rings. The minimum absolute atomic E-state index is 0.0523. The molecular formula is C44H27ClF9N10O4S2+. The van der Waals surface area contributed by atoms with Crippen LogP contribution in [0.1, 0.15) is 67.8 Å². The molecule has 14 nitrogen and oxygen atoms in total. The average molecular weight is 1030 g/mol. The van der Waals surface area contributed by atoms with Gasteiger partial charge in [0.05, 0.1) is 50.5 Å². The molecule has 2 saturated heterocycles. The Morgan fingerprint density at radius 2 is 1.19 bits per heavy atom. The summed E-state index contributed by atoms with van der Waals surface area (Å²) in [6.45, 7) is 5.02. The van der Waals surface area contributed by atoms with E-state index in [2.05, 4.69) is 20.9 Å². The van der Waals surface area contributed by atoms with Crippen LogP contribution in [0, 0.1) is 23.2 Å². The van der Waals surface area contributed by atoms with Gasteiger partial charge in [-0.15, -0.1) is 0 Å². The molecule has 0 atom stereocenters. The Kier molecular flexibility index (Phi) is 11.8. The summed E-state index contributed by atoms with van der Waals surface area (Å²) in [6.07, 6.45) is -11.0. The fraction of sp³-hybridized carbons (Fsp3) is 0.227. The lowest BCUT2D eigenvalue weighted by Gasteiger charge is -2.29. The Balaban J connectivity index is 1.07. The van der Waals surface area contributed by atoms with E-state index < -0.39 is 104 Å². The minimum Gasteiger partial charge on any atom is -0.302 e. The number of thiocarbonyl (C=S) groups is 2. The highest BCUT2D eigenvalue weighted by molar-refractivity contribution is 7.81. The van der Waals surface area contributed by atoms with E-state index in [1.165, 1.54) is 50.9 Å². The van der Waals surface area contributed by atoms with Crippen molar-refractivity contribution in [2.45, 2.75) is 64.1 Å².